The summed E-state index contributed by atoms with van der Waals surface area (Å²) in [6.45, 7) is -1.35. The van der Waals surface area contributed by atoms with Gasteiger partial charge in [-0.3, -0.25) is 19.2 Å². The Kier molecular flexibility index (Phi) is 9.91. The molecule has 30 heavy (non-hydrogen) atoms. The molecular weight excluding hydrogens is 402 g/mol. The number of nitrogens with one attached hydrogen (secondary N) is 4. The van der Waals surface area contributed by atoms with E-state index in [-0.39, 0.29) is 19.3 Å². The molecule has 1 aromatic rings. The van der Waals surface area contributed by atoms with Crippen LogP contribution in [-0.2, 0) is 30.4 Å². The van der Waals surface area contributed by atoms with Crippen molar-refractivity contribution in [3.8, 4) is 0 Å². The predicted octanol–water partition coefficient (Wildman–Crippen LogP) is -4.29. The second-order valence-electron chi connectivity index (χ2n) is 6.31. The van der Waals surface area contributed by atoms with Gasteiger partial charge in [-0.05, 0) is 6.42 Å². The maximum Gasteiger partial charge on any atom is 0.326 e. The first-order valence-electron chi connectivity index (χ1n) is 8.86. The van der Waals surface area contributed by atoms with Crippen molar-refractivity contribution in [2.75, 3.05) is 13.2 Å². The molecule has 0 saturated heterocycles. The number of primary amides is 1. The first-order valence-corrected chi connectivity index (χ1v) is 8.86. The minimum Gasteiger partial charge on any atom is -0.480 e. The Hall–Kier alpha value is -3.52. The van der Waals surface area contributed by atoms with Crippen LogP contribution >= 0.6 is 0 Å². The van der Waals surface area contributed by atoms with Gasteiger partial charge >= 0.3 is 5.97 Å². The number of aromatic amines is 1. The molecule has 14 heteroatoms. The third-order valence-electron chi connectivity index (χ3n) is 3.88. The summed E-state index contributed by atoms with van der Waals surface area (Å²) in [6.07, 6.45) is 2.55. The smallest absolute Gasteiger partial charge is 0.326 e. The van der Waals surface area contributed by atoms with Gasteiger partial charge in [-0.1, -0.05) is 0 Å². The molecule has 3 atom stereocenters. The van der Waals surface area contributed by atoms with Gasteiger partial charge in [0, 0.05) is 24.7 Å². The summed E-state index contributed by atoms with van der Waals surface area (Å²) in [5.74, 6) is -4.57. The highest BCUT2D eigenvalue weighted by Crippen LogP contribution is 1.99. The molecule has 0 saturated carbocycles. The molecule has 0 aliphatic carbocycles. The molecule has 0 aliphatic heterocycles. The number of hydrogen-bond acceptors (Lipinski definition) is 8. The third kappa shape index (κ3) is 8.66. The number of imidazole rings is 1. The molecule has 0 spiro atoms. The molecule has 4 amide bonds. The Morgan fingerprint density at radius 3 is 2.37 bits per heavy atom. The number of aliphatic hydroxyl groups excluding tert-OH is 1. The number of nitrogens with zero attached hydrogens (tertiary/aromatic N) is 1. The summed E-state index contributed by atoms with van der Waals surface area (Å²) in [5, 5.41) is 24.9. The van der Waals surface area contributed by atoms with Gasteiger partial charge in [0.25, 0.3) is 0 Å². The van der Waals surface area contributed by atoms with Crippen molar-refractivity contribution in [1.82, 2.24) is 25.9 Å². The van der Waals surface area contributed by atoms with E-state index in [0.717, 1.165) is 0 Å². The fourth-order valence-corrected chi connectivity index (χ4v) is 2.28. The molecule has 0 radical (unpaired) electrons. The van der Waals surface area contributed by atoms with Crippen molar-refractivity contribution in [3.05, 3.63) is 18.2 Å². The van der Waals surface area contributed by atoms with Crippen LogP contribution in [-0.4, -0.2) is 81.1 Å². The molecule has 1 heterocycles. The van der Waals surface area contributed by atoms with Crippen molar-refractivity contribution < 1.29 is 34.2 Å². The molecule has 14 nitrogen and oxygen atoms in total. The summed E-state index contributed by atoms with van der Waals surface area (Å²) in [7, 11) is 0. The SMILES string of the molecule is NC(=O)CCC(NC(=O)C(CO)NC(=O)CNC(=O)C(N)Cc1cnc[nH]1)C(=O)O. The van der Waals surface area contributed by atoms with Gasteiger partial charge in [-0.2, -0.15) is 0 Å². The zero-order valence-corrected chi connectivity index (χ0v) is 16.0. The Labute approximate surface area is 170 Å². The summed E-state index contributed by atoms with van der Waals surface area (Å²) in [5.41, 5.74) is 11.3. The van der Waals surface area contributed by atoms with E-state index >= 15 is 0 Å². The maximum atomic E-state index is 12.1. The fraction of sp³-hybridized carbons (Fsp3) is 0.500. The molecule has 1 aromatic heterocycles. The average Bonchev–Trinajstić information content (AvgIpc) is 3.19. The Morgan fingerprint density at radius 2 is 1.83 bits per heavy atom. The van der Waals surface area contributed by atoms with Crippen molar-refractivity contribution in [1.29, 1.82) is 0 Å². The van der Waals surface area contributed by atoms with Crippen LogP contribution < -0.4 is 27.4 Å². The van der Waals surface area contributed by atoms with Gasteiger partial charge in [0.2, 0.25) is 23.6 Å². The fourth-order valence-electron chi connectivity index (χ4n) is 2.28. The van der Waals surface area contributed by atoms with E-state index in [4.69, 9.17) is 16.6 Å². The molecule has 0 bridgehead atoms. The van der Waals surface area contributed by atoms with Crippen LogP contribution in [0.5, 0.6) is 0 Å². The maximum absolute atomic E-state index is 12.1. The van der Waals surface area contributed by atoms with Crippen molar-refractivity contribution in [3.63, 3.8) is 0 Å². The Balaban J connectivity index is 2.49. The topological polar surface area (TPSA) is 243 Å². The van der Waals surface area contributed by atoms with E-state index in [9.17, 15) is 29.1 Å². The lowest BCUT2D eigenvalue weighted by atomic mass is 10.1. The van der Waals surface area contributed by atoms with Gasteiger partial charge in [0.05, 0.1) is 25.5 Å². The summed E-state index contributed by atoms with van der Waals surface area (Å²) >= 11 is 0. The highest BCUT2D eigenvalue weighted by Gasteiger charge is 2.26. The molecule has 10 N–H and O–H groups in total. The minimum atomic E-state index is -1.47. The van der Waals surface area contributed by atoms with Crippen LogP contribution in [0.25, 0.3) is 0 Å². The van der Waals surface area contributed by atoms with Gasteiger partial charge < -0.3 is 42.6 Å². The Morgan fingerprint density at radius 1 is 1.13 bits per heavy atom. The van der Waals surface area contributed by atoms with Crippen molar-refractivity contribution in [2.45, 2.75) is 37.4 Å². The van der Waals surface area contributed by atoms with E-state index in [1.54, 1.807) is 0 Å². The third-order valence-corrected chi connectivity index (χ3v) is 3.88. The van der Waals surface area contributed by atoms with E-state index in [2.05, 4.69) is 25.9 Å². The minimum absolute atomic E-state index is 0.164. The number of hydrogen-bond donors (Lipinski definition) is 8. The van der Waals surface area contributed by atoms with Crippen LogP contribution in [0.4, 0.5) is 0 Å². The molecule has 0 aromatic carbocycles. The quantitative estimate of drug-likeness (QED) is 0.151. The lowest BCUT2D eigenvalue weighted by Gasteiger charge is -2.20. The van der Waals surface area contributed by atoms with Crippen LogP contribution in [0, 0.1) is 0 Å². The van der Waals surface area contributed by atoms with Crippen LogP contribution in [0.15, 0.2) is 12.5 Å². The number of carbonyl (C=O) groups excluding carboxylic acids is 4. The molecule has 166 valence electrons. The number of nitrogens with two attached hydrogens (primary N) is 2. The predicted molar refractivity (Wildman–Crippen MR) is 100 cm³/mol. The highest BCUT2D eigenvalue weighted by molar-refractivity contribution is 5.92. The number of aliphatic carboxylic acids is 1. The van der Waals surface area contributed by atoms with Gasteiger partial charge in [0.15, 0.2) is 0 Å². The second-order valence-corrected chi connectivity index (χ2v) is 6.31. The molecule has 1 rings (SSSR count). The van der Waals surface area contributed by atoms with Gasteiger partial charge in [-0.25, -0.2) is 9.78 Å². The summed E-state index contributed by atoms with van der Waals surface area (Å²) < 4.78 is 0. The van der Waals surface area contributed by atoms with Crippen molar-refractivity contribution in [2.24, 2.45) is 11.5 Å². The average molecular weight is 427 g/mol. The summed E-state index contributed by atoms with van der Waals surface area (Å²) in [6, 6.07) is -3.85. The van der Waals surface area contributed by atoms with E-state index in [1.807, 2.05) is 0 Å². The first-order chi connectivity index (χ1) is 14.1. The number of carboxylic acid groups (broad SMARTS) is 1. The highest BCUT2D eigenvalue weighted by atomic mass is 16.4. The molecular formula is C16H25N7O7. The Bertz CT molecular complexity index is 753. The molecule has 3 unspecified atom stereocenters. The van der Waals surface area contributed by atoms with Crippen LogP contribution in [0.3, 0.4) is 0 Å². The summed E-state index contributed by atoms with van der Waals surface area (Å²) in [4.78, 5) is 64.5. The van der Waals surface area contributed by atoms with Crippen LogP contribution in [0.2, 0.25) is 0 Å². The zero-order valence-electron chi connectivity index (χ0n) is 16.0. The monoisotopic (exact) mass is 427 g/mol. The first kappa shape index (κ1) is 24.5. The second kappa shape index (κ2) is 12.1. The number of amides is 4. The number of aliphatic hydroxyl groups is 1. The number of H-pyrrole nitrogens is 1. The van der Waals surface area contributed by atoms with Crippen LogP contribution in [0.1, 0.15) is 18.5 Å². The lowest BCUT2D eigenvalue weighted by molar-refractivity contribution is -0.142. The number of rotatable bonds is 13. The zero-order chi connectivity index (χ0) is 22.7. The largest absolute Gasteiger partial charge is 0.480 e. The van der Waals surface area contributed by atoms with E-state index in [0.29, 0.717) is 5.69 Å². The molecule has 0 fully saturated rings. The van der Waals surface area contributed by atoms with E-state index < -0.39 is 60.9 Å². The standard InChI is InChI=1S/C16H25N7O7/c17-9(3-8-4-19-7-21-8)14(27)20-5-13(26)22-11(6-24)15(28)23-10(16(29)30)1-2-12(18)25/h4,7,9-11,24H,1-3,5-6,17H2,(H2,18,25)(H,19,21)(H,20,27)(H,22,26)(H,23,28)(H,29,30). The number of carboxylic acids is 1. The van der Waals surface area contributed by atoms with Gasteiger partial charge in [-0.15, -0.1) is 0 Å². The molecule has 0 aliphatic rings. The lowest BCUT2D eigenvalue weighted by Crippen LogP contribution is -2.55. The number of aromatic nitrogens is 2. The van der Waals surface area contributed by atoms with E-state index in [1.165, 1.54) is 12.5 Å². The van der Waals surface area contributed by atoms with Gasteiger partial charge in [0.1, 0.15) is 12.1 Å². The normalized spacial score (nSPS) is 13.5. The van der Waals surface area contributed by atoms with Crippen molar-refractivity contribution >= 4 is 29.6 Å². The number of carbonyl (C=O) groups is 5.